The lowest BCUT2D eigenvalue weighted by atomic mass is 9.97. The second-order valence-electron chi connectivity index (χ2n) is 7.45. The number of pyridine rings is 1. The van der Waals surface area contributed by atoms with Crippen LogP contribution in [-0.4, -0.2) is 47.5 Å². The van der Waals surface area contributed by atoms with Crippen LogP contribution in [0.5, 0.6) is 0 Å². The first-order chi connectivity index (χ1) is 11.7. The van der Waals surface area contributed by atoms with E-state index in [1.165, 1.54) is 32.4 Å². The summed E-state index contributed by atoms with van der Waals surface area (Å²) in [5.41, 5.74) is 2.15. The lowest BCUT2D eigenvalue weighted by Crippen LogP contribution is -2.47. The predicted molar refractivity (Wildman–Crippen MR) is 91.1 cm³/mol. The zero-order valence-corrected chi connectivity index (χ0v) is 13.6. The SMILES string of the molecule is O=C(NC1CC2CCN(C2)C1)c1cc2c(NC3CC3)coc2cn1. The van der Waals surface area contributed by atoms with Gasteiger partial charge in [0, 0.05) is 30.6 Å². The third-order valence-electron chi connectivity index (χ3n) is 5.43. The van der Waals surface area contributed by atoms with E-state index in [1.807, 2.05) is 6.07 Å². The van der Waals surface area contributed by atoms with Crippen molar-refractivity contribution < 1.29 is 9.21 Å². The van der Waals surface area contributed by atoms with Crippen molar-refractivity contribution in [2.24, 2.45) is 5.92 Å². The average Bonchev–Trinajstić information content (AvgIpc) is 3.22. The van der Waals surface area contributed by atoms with E-state index < -0.39 is 0 Å². The predicted octanol–water partition coefficient (Wildman–Crippen LogP) is 2.23. The maximum absolute atomic E-state index is 12.6. The van der Waals surface area contributed by atoms with E-state index in [1.54, 1.807) is 12.5 Å². The van der Waals surface area contributed by atoms with Crippen molar-refractivity contribution in [3.8, 4) is 0 Å². The van der Waals surface area contributed by atoms with Gasteiger partial charge in [0.2, 0.25) is 0 Å². The van der Waals surface area contributed by atoms with Gasteiger partial charge >= 0.3 is 0 Å². The first kappa shape index (κ1) is 14.3. The molecular formula is C18H22N4O2. The fourth-order valence-electron chi connectivity index (χ4n) is 4.04. The molecule has 24 heavy (non-hydrogen) atoms. The lowest BCUT2D eigenvalue weighted by molar-refractivity contribution is 0.0904. The highest BCUT2D eigenvalue weighted by atomic mass is 16.3. The van der Waals surface area contributed by atoms with Crippen LogP contribution in [0, 0.1) is 5.92 Å². The summed E-state index contributed by atoms with van der Waals surface area (Å²) >= 11 is 0. The molecule has 3 fully saturated rings. The summed E-state index contributed by atoms with van der Waals surface area (Å²) in [6, 6.07) is 2.63. The number of hydrogen-bond donors (Lipinski definition) is 2. The smallest absolute Gasteiger partial charge is 0.270 e. The molecule has 1 saturated carbocycles. The Hall–Kier alpha value is -2.08. The molecule has 3 aliphatic rings. The van der Waals surface area contributed by atoms with Gasteiger partial charge in [-0.15, -0.1) is 0 Å². The van der Waals surface area contributed by atoms with Crippen LogP contribution in [0.3, 0.4) is 0 Å². The van der Waals surface area contributed by atoms with E-state index in [9.17, 15) is 4.79 Å². The molecule has 0 aromatic carbocycles. The number of furan rings is 1. The normalized spacial score (nSPS) is 28.9. The third-order valence-corrected chi connectivity index (χ3v) is 5.43. The number of fused-ring (bicyclic) bond motifs is 3. The number of carbonyl (C=O) groups excluding carboxylic acids is 1. The Bertz CT molecular complexity index is 770. The van der Waals surface area contributed by atoms with Crippen molar-refractivity contribution >= 4 is 22.6 Å². The van der Waals surface area contributed by atoms with Gasteiger partial charge in [-0.1, -0.05) is 0 Å². The summed E-state index contributed by atoms with van der Waals surface area (Å²) in [7, 11) is 0. The number of rotatable bonds is 4. The van der Waals surface area contributed by atoms with Crippen molar-refractivity contribution in [3.05, 3.63) is 24.2 Å². The van der Waals surface area contributed by atoms with Crippen LogP contribution in [0.2, 0.25) is 0 Å². The number of nitrogens with zero attached hydrogens (tertiary/aromatic N) is 2. The van der Waals surface area contributed by atoms with Gasteiger partial charge in [-0.05, 0) is 44.2 Å². The Balaban J connectivity index is 1.34. The summed E-state index contributed by atoms with van der Waals surface area (Å²) in [4.78, 5) is 19.3. The molecule has 6 nitrogen and oxygen atoms in total. The quantitative estimate of drug-likeness (QED) is 0.901. The van der Waals surface area contributed by atoms with E-state index >= 15 is 0 Å². The molecule has 3 atom stereocenters. The second-order valence-corrected chi connectivity index (χ2v) is 7.45. The molecule has 3 unspecified atom stereocenters. The first-order valence-electron chi connectivity index (χ1n) is 8.91. The minimum Gasteiger partial charge on any atom is -0.460 e. The minimum atomic E-state index is -0.0806. The van der Waals surface area contributed by atoms with Gasteiger partial charge in [-0.3, -0.25) is 4.79 Å². The van der Waals surface area contributed by atoms with Crippen LogP contribution in [0.4, 0.5) is 5.69 Å². The van der Waals surface area contributed by atoms with Gasteiger partial charge in [0.05, 0.1) is 11.9 Å². The summed E-state index contributed by atoms with van der Waals surface area (Å²) in [5.74, 6) is 0.658. The molecule has 1 amide bonds. The molecule has 4 heterocycles. The van der Waals surface area contributed by atoms with E-state index in [2.05, 4.69) is 20.5 Å². The van der Waals surface area contributed by atoms with Gasteiger partial charge < -0.3 is 20.0 Å². The lowest BCUT2D eigenvalue weighted by Gasteiger charge is -2.30. The molecule has 2 aromatic rings. The van der Waals surface area contributed by atoms with Crippen LogP contribution < -0.4 is 10.6 Å². The average molecular weight is 326 g/mol. The minimum absolute atomic E-state index is 0.0806. The number of aromatic nitrogens is 1. The number of anilines is 1. The Kier molecular flexibility index (Phi) is 3.26. The first-order valence-corrected chi connectivity index (χ1v) is 8.91. The zero-order valence-electron chi connectivity index (χ0n) is 13.6. The fraction of sp³-hybridized carbons (Fsp3) is 0.556. The summed E-state index contributed by atoms with van der Waals surface area (Å²) < 4.78 is 5.54. The number of hydrogen-bond acceptors (Lipinski definition) is 5. The molecule has 2 aliphatic heterocycles. The molecule has 2 saturated heterocycles. The van der Waals surface area contributed by atoms with Gasteiger partial charge in [-0.2, -0.15) is 0 Å². The largest absolute Gasteiger partial charge is 0.460 e. The molecule has 0 radical (unpaired) electrons. The van der Waals surface area contributed by atoms with Crippen LogP contribution in [0.25, 0.3) is 11.0 Å². The van der Waals surface area contributed by atoms with E-state index in [0.29, 0.717) is 11.7 Å². The standard InChI is InChI=1S/C18H22N4O2/c23-18(21-13-5-11-3-4-22(8-11)9-13)15-6-14-16(20-12-1-2-12)10-24-17(14)7-19-15/h6-7,10-13,20H,1-5,8-9H2,(H,21,23). The van der Waals surface area contributed by atoms with E-state index in [4.69, 9.17) is 4.42 Å². The highest BCUT2D eigenvalue weighted by molar-refractivity contribution is 5.99. The molecule has 2 aromatic heterocycles. The number of piperidine rings is 1. The van der Waals surface area contributed by atoms with Crippen molar-refractivity contribution in [3.63, 3.8) is 0 Å². The van der Waals surface area contributed by atoms with Crippen molar-refractivity contribution in [2.45, 2.75) is 37.8 Å². The van der Waals surface area contributed by atoms with E-state index in [0.717, 1.165) is 35.5 Å². The van der Waals surface area contributed by atoms with Gasteiger partial charge in [0.1, 0.15) is 12.0 Å². The Morgan fingerprint density at radius 2 is 2.17 bits per heavy atom. The van der Waals surface area contributed by atoms with Gasteiger partial charge in [-0.25, -0.2) is 4.98 Å². The van der Waals surface area contributed by atoms with Crippen LogP contribution >= 0.6 is 0 Å². The van der Waals surface area contributed by atoms with Crippen molar-refractivity contribution in [1.29, 1.82) is 0 Å². The maximum Gasteiger partial charge on any atom is 0.270 e. The van der Waals surface area contributed by atoms with Crippen LogP contribution in [0.15, 0.2) is 22.9 Å². The summed E-state index contributed by atoms with van der Waals surface area (Å²) in [5, 5.41) is 7.56. The summed E-state index contributed by atoms with van der Waals surface area (Å²) in [6.45, 7) is 3.33. The monoisotopic (exact) mass is 326 g/mol. The number of carbonyl (C=O) groups is 1. The maximum atomic E-state index is 12.6. The highest BCUT2D eigenvalue weighted by Crippen LogP contribution is 2.31. The Morgan fingerprint density at radius 1 is 1.25 bits per heavy atom. The van der Waals surface area contributed by atoms with Gasteiger partial charge in [0.15, 0.2) is 5.58 Å². The third kappa shape index (κ3) is 2.65. The van der Waals surface area contributed by atoms with Crippen molar-refractivity contribution in [2.75, 3.05) is 25.0 Å². The van der Waals surface area contributed by atoms with Crippen LogP contribution in [0.1, 0.15) is 36.2 Å². The molecule has 126 valence electrons. The summed E-state index contributed by atoms with van der Waals surface area (Å²) in [6.07, 6.45) is 8.12. The molecule has 1 aliphatic carbocycles. The van der Waals surface area contributed by atoms with Crippen LogP contribution in [-0.2, 0) is 0 Å². The Morgan fingerprint density at radius 3 is 3.00 bits per heavy atom. The van der Waals surface area contributed by atoms with Crippen molar-refractivity contribution in [1.82, 2.24) is 15.2 Å². The topological polar surface area (TPSA) is 70.4 Å². The fourth-order valence-corrected chi connectivity index (χ4v) is 4.04. The molecule has 2 bridgehead atoms. The molecule has 2 N–H and O–H groups in total. The number of amides is 1. The molecule has 6 heteroatoms. The second kappa shape index (κ2) is 5.48. The molecular weight excluding hydrogens is 304 g/mol. The molecule has 5 rings (SSSR count). The van der Waals surface area contributed by atoms with Gasteiger partial charge in [0.25, 0.3) is 5.91 Å². The molecule has 0 spiro atoms. The number of nitrogens with one attached hydrogen (secondary N) is 2. The van der Waals surface area contributed by atoms with E-state index in [-0.39, 0.29) is 11.9 Å². The Labute approximate surface area is 140 Å². The highest BCUT2D eigenvalue weighted by Gasteiger charge is 2.33. The zero-order chi connectivity index (χ0) is 16.1.